The molecule has 7 nitrogen and oxygen atoms in total. The number of benzene rings is 1. The van der Waals surface area contributed by atoms with Gasteiger partial charge >= 0.3 is 0 Å². The molecule has 29 heavy (non-hydrogen) atoms. The Morgan fingerprint density at radius 1 is 0.759 bits per heavy atom. The molecule has 4 rings (SSSR count). The van der Waals surface area contributed by atoms with E-state index in [0.29, 0.717) is 26.2 Å². The molecule has 156 valence electrons. The standard InChI is InChI=1S/C21H29N5O2S/c1-18-5-7-19(8-6-18)17-29(27,28)26-15-13-25(14-16-26)21-10-9-20(22-23-21)24-11-3-2-4-12-24/h5-10H,2-4,11-17H2,1H3. The Morgan fingerprint density at radius 2 is 1.31 bits per heavy atom. The zero-order valence-electron chi connectivity index (χ0n) is 17.0. The highest BCUT2D eigenvalue weighted by Crippen LogP contribution is 2.21. The van der Waals surface area contributed by atoms with Crippen LogP contribution in [-0.4, -0.2) is 62.2 Å². The summed E-state index contributed by atoms with van der Waals surface area (Å²) in [5, 5.41) is 8.82. The van der Waals surface area contributed by atoms with Crippen LogP contribution in [0.2, 0.25) is 0 Å². The van der Waals surface area contributed by atoms with Gasteiger partial charge in [0.25, 0.3) is 0 Å². The molecule has 2 aromatic rings. The molecule has 1 aromatic carbocycles. The largest absolute Gasteiger partial charge is 0.355 e. The van der Waals surface area contributed by atoms with E-state index in [1.807, 2.05) is 43.3 Å². The average Bonchev–Trinajstić information content (AvgIpc) is 2.76. The number of aryl methyl sites for hydroxylation is 1. The smallest absolute Gasteiger partial charge is 0.218 e. The summed E-state index contributed by atoms with van der Waals surface area (Å²) < 4.78 is 27.1. The van der Waals surface area contributed by atoms with E-state index in [1.165, 1.54) is 19.3 Å². The molecule has 0 unspecified atom stereocenters. The Balaban J connectivity index is 1.34. The summed E-state index contributed by atoms with van der Waals surface area (Å²) in [6.07, 6.45) is 3.71. The van der Waals surface area contributed by atoms with Gasteiger partial charge in [-0.05, 0) is 43.9 Å². The molecule has 1 aromatic heterocycles. The predicted molar refractivity (Wildman–Crippen MR) is 116 cm³/mol. The molecule has 8 heteroatoms. The monoisotopic (exact) mass is 415 g/mol. The summed E-state index contributed by atoms with van der Waals surface area (Å²) in [6.45, 7) is 6.31. The number of sulfonamides is 1. The fourth-order valence-corrected chi connectivity index (χ4v) is 5.48. The number of hydrogen-bond acceptors (Lipinski definition) is 6. The van der Waals surface area contributed by atoms with Gasteiger partial charge in [0.05, 0.1) is 5.75 Å². The quantitative estimate of drug-likeness (QED) is 0.747. The molecule has 2 aliphatic rings. The van der Waals surface area contributed by atoms with Crippen molar-refractivity contribution in [1.82, 2.24) is 14.5 Å². The molecule has 0 amide bonds. The first-order valence-electron chi connectivity index (χ1n) is 10.4. The topological polar surface area (TPSA) is 69.6 Å². The van der Waals surface area contributed by atoms with Crippen LogP contribution in [0.3, 0.4) is 0 Å². The molecule has 0 N–H and O–H groups in total. The van der Waals surface area contributed by atoms with Gasteiger partial charge in [-0.25, -0.2) is 8.42 Å². The highest BCUT2D eigenvalue weighted by molar-refractivity contribution is 7.88. The number of piperidine rings is 1. The molecule has 2 saturated heterocycles. The number of aromatic nitrogens is 2. The SMILES string of the molecule is Cc1ccc(CS(=O)(=O)N2CCN(c3ccc(N4CCCCC4)nn3)CC2)cc1. The molecule has 2 aliphatic heterocycles. The van der Waals surface area contributed by atoms with E-state index in [0.717, 1.165) is 35.9 Å². The zero-order valence-corrected chi connectivity index (χ0v) is 17.8. The average molecular weight is 416 g/mol. The van der Waals surface area contributed by atoms with Crippen molar-refractivity contribution in [2.75, 3.05) is 49.1 Å². The molecular weight excluding hydrogens is 386 g/mol. The Kier molecular flexibility index (Phi) is 6.01. The van der Waals surface area contributed by atoms with Crippen molar-refractivity contribution >= 4 is 21.7 Å². The van der Waals surface area contributed by atoms with Crippen LogP contribution in [0, 0.1) is 6.92 Å². The van der Waals surface area contributed by atoms with Crippen LogP contribution in [-0.2, 0) is 15.8 Å². The number of rotatable bonds is 5. The van der Waals surface area contributed by atoms with Gasteiger partial charge in [0.1, 0.15) is 0 Å². The summed E-state index contributed by atoms with van der Waals surface area (Å²) in [7, 11) is -3.31. The normalized spacial score (nSPS) is 18.8. The van der Waals surface area contributed by atoms with Crippen LogP contribution in [0.1, 0.15) is 30.4 Å². The van der Waals surface area contributed by atoms with Crippen molar-refractivity contribution in [2.24, 2.45) is 0 Å². The van der Waals surface area contributed by atoms with E-state index in [9.17, 15) is 8.42 Å². The van der Waals surface area contributed by atoms with Crippen LogP contribution >= 0.6 is 0 Å². The zero-order chi connectivity index (χ0) is 20.3. The van der Waals surface area contributed by atoms with Crippen molar-refractivity contribution in [1.29, 1.82) is 0 Å². The Labute approximate surface area is 173 Å². The maximum atomic E-state index is 12.8. The minimum absolute atomic E-state index is 0.0532. The van der Waals surface area contributed by atoms with E-state index in [2.05, 4.69) is 20.0 Å². The van der Waals surface area contributed by atoms with Gasteiger partial charge in [-0.15, -0.1) is 10.2 Å². The third-order valence-electron chi connectivity index (χ3n) is 5.74. The maximum absolute atomic E-state index is 12.8. The van der Waals surface area contributed by atoms with Gasteiger partial charge in [0, 0.05) is 39.3 Å². The molecular formula is C21H29N5O2S. The van der Waals surface area contributed by atoms with E-state index >= 15 is 0 Å². The molecule has 0 atom stereocenters. The van der Waals surface area contributed by atoms with E-state index in [1.54, 1.807) is 4.31 Å². The second-order valence-corrected chi connectivity index (χ2v) is 9.89. The minimum Gasteiger partial charge on any atom is -0.355 e. The first-order chi connectivity index (χ1) is 14.0. The number of anilines is 2. The lowest BCUT2D eigenvalue weighted by atomic mass is 10.1. The second-order valence-electron chi connectivity index (χ2n) is 7.93. The third kappa shape index (κ3) is 4.87. The van der Waals surface area contributed by atoms with Crippen LogP contribution in [0.25, 0.3) is 0 Å². The molecule has 0 spiro atoms. The van der Waals surface area contributed by atoms with Gasteiger partial charge in [-0.2, -0.15) is 4.31 Å². The molecule has 2 fully saturated rings. The minimum atomic E-state index is -3.31. The van der Waals surface area contributed by atoms with Crippen LogP contribution in [0.15, 0.2) is 36.4 Å². The van der Waals surface area contributed by atoms with Gasteiger partial charge in [0.2, 0.25) is 10.0 Å². The first-order valence-corrected chi connectivity index (χ1v) is 12.0. The van der Waals surface area contributed by atoms with Crippen LogP contribution < -0.4 is 9.80 Å². The molecule has 0 saturated carbocycles. The number of piperazine rings is 1. The summed E-state index contributed by atoms with van der Waals surface area (Å²) in [4.78, 5) is 4.40. The number of hydrogen-bond donors (Lipinski definition) is 0. The predicted octanol–water partition coefficient (Wildman–Crippen LogP) is 2.43. The van der Waals surface area contributed by atoms with Crippen molar-refractivity contribution in [3.63, 3.8) is 0 Å². The van der Waals surface area contributed by atoms with Crippen LogP contribution in [0.5, 0.6) is 0 Å². The lowest BCUT2D eigenvalue weighted by molar-refractivity contribution is 0.383. The highest BCUT2D eigenvalue weighted by Gasteiger charge is 2.28. The highest BCUT2D eigenvalue weighted by atomic mass is 32.2. The number of nitrogens with zero attached hydrogens (tertiary/aromatic N) is 5. The Morgan fingerprint density at radius 3 is 1.86 bits per heavy atom. The van der Waals surface area contributed by atoms with Gasteiger partial charge in [-0.1, -0.05) is 29.8 Å². The van der Waals surface area contributed by atoms with E-state index in [4.69, 9.17) is 0 Å². The van der Waals surface area contributed by atoms with Crippen molar-refractivity contribution in [3.8, 4) is 0 Å². The lowest BCUT2D eigenvalue weighted by Crippen LogP contribution is -2.49. The fourth-order valence-electron chi connectivity index (χ4n) is 3.96. The van der Waals surface area contributed by atoms with Gasteiger partial charge in [-0.3, -0.25) is 0 Å². The fraction of sp³-hybridized carbons (Fsp3) is 0.524. The summed E-state index contributed by atoms with van der Waals surface area (Å²) in [5.74, 6) is 1.81. The lowest BCUT2D eigenvalue weighted by Gasteiger charge is -2.34. The third-order valence-corrected chi connectivity index (χ3v) is 7.59. The molecule has 0 radical (unpaired) electrons. The molecule has 0 aliphatic carbocycles. The van der Waals surface area contributed by atoms with Crippen LogP contribution in [0.4, 0.5) is 11.6 Å². The van der Waals surface area contributed by atoms with Crippen molar-refractivity contribution < 1.29 is 8.42 Å². The van der Waals surface area contributed by atoms with Gasteiger partial charge in [0.15, 0.2) is 11.6 Å². The van der Waals surface area contributed by atoms with E-state index < -0.39 is 10.0 Å². The summed E-state index contributed by atoms with van der Waals surface area (Å²) in [6, 6.07) is 11.7. The maximum Gasteiger partial charge on any atom is 0.218 e. The summed E-state index contributed by atoms with van der Waals surface area (Å²) >= 11 is 0. The first kappa shape index (κ1) is 20.1. The second kappa shape index (κ2) is 8.67. The molecule has 3 heterocycles. The Hall–Kier alpha value is -2.19. The van der Waals surface area contributed by atoms with Crippen molar-refractivity contribution in [2.45, 2.75) is 31.9 Å². The van der Waals surface area contributed by atoms with E-state index in [-0.39, 0.29) is 5.75 Å². The Bertz CT molecular complexity index is 901. The van der Waals surface area contributed by atoms with Gasteiger partial charge < -0.3 is 9.80 Å². The molecule has 0 bridgehead atoms. The van der Waals surface area contributed by atoms with Crippen molar-refractivity contribution in [3.05, 3.63) is 47.5 Å². The summed E-state index contributed by atoms with van der Waals surface area (Å²) in [5.41, 5.74) is 1.96.